The Morgan fingerprint density at radius 1 is 1.26 bits per heavy atom. The number of hydrogen-bond donors (Lipinski definition) is 3. The molecule has 0 radical (unpaired) electrons. The molecule has 1 aliphatic carbocycles. The molecular formula is C28H30ClN5O4. The van der Waals surface area contributed by atoms with Crippen molar-refractivity contribution in [1.29, 1.82) is 0 Å². The van der Waals surface area contributed by atoms with Gasteiger partial charge in [0.1, 0.15) is 12.3 Å². The van der Waals surface area contributed by atoms with Crippen molar-refractivity contribution in [2.24, 2.45) is 0 Å². The summed E-state index contributed by atoms with van der Waals surface area (Å²) in [5, 5.41) is 16.4. The minimum absolute atomic E-state index is 0.0489. The van der Waals surface area contributed by atoms with Crippen LogP contribution in [0, 0.1) is 0 Å². The number of rotatable bonds is 8. The van der Waals surface area contributed by atoms with Crippen molar-refractivity contribution in [2.45, 2.75) is 50.9 Å². The fraction of sp³-hybridized carbons (Fsp3) is 0.357. The van der Waals surface area contributed by atoms with Crippen LogP contribution in [0.4, 0.5) is 5.95 Å². The number of anilines is 1. The Kier molecular flexibility index (Phi) is 7.49. The highest BCUT2D eigenvalue weighted by atomic mass is 35.5. The second kappa shape index (κ2) is 11.0. The van der Waals surface area contributed by atoms with Gasteiger partial charge in [-0.05, 0) is 55.5 Å². The van der Waals surface area contributed by atoms with Gasteiger partial charge in [-0.2, -0.15) is 0 Å². The lowest BCUT2D eigenvalue weighted by Gasteiger charge is -2.19. The van der Waals surface area contributed by atoms with Crippen LogP contribution in [0.2, 0.25) is 5.02 Å². The van der Waals surface area contributed by atoms with Crippen LogP contribution in [0.5, 0.6) is 5.75 Å². The third kappa shape index (κ3) is 5.58. The van der Waals surface area contributed by atoms with Crippen LogP contribution in [-0.2, 0) is 11.3 Å². The number of carbonyl (C=O) groups excluding carboxylic acids is 2. The zero-order valence-electron chi connectivity index (χ0n) is 21.3. The average Bonchev–Trinajstić information content (AvgIpc) is 3.46. The van der Waals surface area contributed by atoms with E-state index in [1.807, 2.05) is 43.3 Å². The van der Waals surface area contributed by atoms with Gasteiger partial charge < -0.3 is 25.4 Å². The van der Waals surface area contributed by atoms with Crippen molar-refractivity contribution in [3.63, 3.8) is 0 Å². The van der Waals surface area contributed by atoms with Gasteiger partial charge in [0.15, 0.2) is 0 Å². The first-order valence-electron chi connectivity index (χ1n) is 12.6. The van der Waals surface area contributed by atoms with Crippen LogP contribution in [0.25, 0.3) is 11.3 Å². The molecule has 1 aliphatic heterocycles. The van der Waals surface area contributed by atoms with Crippen LogP contribution < -0.4 is 15.4 Å². The van der Waals surface area contributed by atoms with E-state index >= 15 is 0 Å². The molecule has 3 aromatic rings. The number of aliphatic hydroxyl groups is 1. The molecule has 2 heterocycles. The Labute approximate surface area is 226 Å². The fourth-order valence-corrected chi connectivity index (χ4v) is 5.20. The lowest BCUT2D eigenvalue weighted by Crippen LogP contribution is -2.38. The van der Waals surface area contributed by atoms with E-state index in [4.69, 9.17) is 16.3 Å². The molecule has 198 valence electrons. The number of hydrogen-bond acceptors (Lipinski definition) is 7. The quantitative estimate of drug-likeness (QED) is 0.399. The molecule has 2 amide bonds. The maximum atomic E-state index is 13.2. The minimum Gasteiger partial charge on any atom is -0.497 e. The summed E-state index contributed by atoms with van der Waals surface area (Å²) in [6.07, 6.45) is 3.47. The highest BCUT2D eigenvalue weighted by Gasteiger charge is 2.30. The van der Waals surface area contributed by atoms with Gasteiger partial charge in [0.2, 0.25) is 11.9 Å². The summed E-state index contributed by atoms with van der Waals surface area (Å²) in [6, 6.07) is 12.9. The highest BCUT2D eigenvalue weighted by Crippen LogP contribution is 2.32. The number of methoxy groups -OCH3 is 1. The number of benzene rings is 2. The first-order valence-corrected chi connectivity index (χ1v) is 13.0. The van der Waals surface area contributed by atoms with Gasteiger partial charge in [-0.1, -0.05) is 35.9 Å². The third-order valence-corrected chi connectivity index (χ3v) is 7.33. The van der Waals surface area contributed by atoms with E-state index < -0.39 is 0 Å². The lowest BCUT2D eigenvalue weighted by atomic mass is 10.0. The Morgan fingerprint density at radius 2 is 2.11 bits per heavy atom. The van der Waals surface area contributed by atoms with Crippen LogP contribution in [0.15, 0.2) is 48.7 Å². The SMILES string of the molecule is COc1cccc([C@@H](C)NC(=O)CN2Cc3ccc(-c4nc(N[C@@H]5CC[C@@H](O)C5)ncc4Cl)cc3C2=O)c1. The smallest absolute Gasteiger partial charge is 0.254 e. The summed E-state index contributed by atoms with van der Waals surface area (Å²) < 4.78 is 5.26. The van der Waals surface area contributed by atoms with Crippen molar-refractivity contribution in [3.05, 3.63) is 70.4 Å². The average molecular weight is 536 g/mol. The van der Waals surface area contributed by atoms with Crippen LogP contribution in [-0.4, -0.2) is 57.6 Å². The molecule has 5 rings (SSSR count). The van der Waals surface area contributed by atoms with Gasteiger partial charge in [0.05, 0.1) is 36.2 Å². The van der Waals surface area contributed by atoms with Crippen molar-refractivity contribution < 1.29 is 19.4 Å². The number of nitrogens with zero attached hydrogens (tertiary/aromatic N) is 3. The van der Waals surface area contributed by atoms with E-state index in [0.717, 1.165) is 24.0 Å². The molecule has 1 aromatic heterocycles. The van der Waals surface area contributed by atoms with Crippen molar-refractivity contribution in [3.8, 4) is 17.0 Å². The first kappa shape index (κ1) is 25.9. The van der Waals surface area contributed by atoms with E-state index in [1.54, 1.807) is 13.2 Å². The van der Waals surface area contributed by atoms with Crippen molar-refractivity contribution in [1.82, 2.24) is 20.2 Å². The number of carbonyl (C=O) groups is 2. The molecule has 2 aliphatic rings. The molecule has 3 atom stereocenters. The number of amides is 2. The standard InChI is InChI=1S/C28H30ClN5O4/c1-16(17-4-3-5-22(10-17)38-2)31-25(36)15-34-14-19-7-6-18(11-23(19)27(34)37)26-24(29)13-30-28(33-26)32-20-8-9-21(35)12-20/h3-7,10-11,13,16,20-21,35H,8-9,12,14-15H2,1-2H3,(H,31,36)(H,30,32,33)/t16-,20-,21-/m1/s1. The Bertz CT molecular complexity index is 1370. The molecule has 3 N–H and O–H groups in total. The highest BCUT2D eigenvalue weighted by molar-refractivity contribution is 6.33. The molecule has 0 unspecified atom stereocenters. The van der Waals surface area contributed by atoms with Gasteiger partial charge in [0, 0.05) is 23.7 Å². The number of aliphatic hydroxyl groups excluding tert-OH is 1. The summed E-state index contributed by atoms with van der Waals surface area (Å²) in [7, 11) is 1.60. The van der Waals surface area contributed by atoms with E-state index in [9.17, 15) is 14.7 Å². The maximum absolute atomic E-state index is 13.2. The molecule has 0 saturated heterocycles. The molecule has 9 nitrogen and oxygen atoms in total. The second-order valence-corrected chi connectivity index (χ2v) is 10.2. The summed E-state index contributed by atoms with van der Waals surface area (Å²) in [5.74, 6) is 0.690. The number of halogens is 1. The van der Waals surface area contributed by atoms with Gasteiger partial charge in [-0.15, -0.1) is 0 Å². The Morgan fingerprint density at radius 3 is 2.87 bits per heavy atom. The fourth-order valence-electron chi connectivity index (χ4n) is 5.00. The number of fused-ring (bicyclic) bond motifs is 1. The molecule has 1 fully saturated rings. The topological polar surface area (TPSA) is 117 Å². The predicted octanol–water partition coefficient (Wildman–Crippen LogP) is 3.96. The number of aromatic nitrogens is 2. The van der Waals surface area contributed by atoms with E-state index in [0.29, 0.717) is 46.5 Å². The van der Waals surface area contributed by atoms with Gasteiger partial charge >= 0.3 is 0 Å². The molecule has 38 heavy (non-hydrogen) atoms. The molecular weight excluding hydrogens is 506 g/mol. The molecule has 0 spiro atoms. The van der Waals surface area contributed by atoms with E-state index in [1.165, 1.54) is 11.1 Å². The Balaban J connectivity index is 1.26. The number of nitrogens with one attached hydrogen (secondary N) is 2. The van der Waals surface area contributed by atoms with E-state index in [2.05, 4.69) is 20.6 Å². The van der Waals surface area contributed by atoms with Crippen LogP contribution >= 0.6 is 11.6 Å². The molecule has 10 heteroatoms. The van der Waals surface area contributed by atoms with Crippen LogP contribution in [0.1, 0.15) is 53.7 Å². The van der Waals surface area contributed by atoms with Crippen molar-refractivity contribution >= 4 is 29.4 Å². The predicted molar refractivity (Wildman–Crippen MR) is 144 cm³/mol. The zero-order chi connectivity index (χ0) is 26.8. The Hall–Kier alpha value is -3.69. The summed E-state index contributed by atoms with van der Waals surface area (Å²) in [4.78, 5) is 36.4. The molecule has 1 saturated carbocycles. The maximum Gasteiger partial charge on any atom is 0.254 e. The monoisotopic (exact) mass is 535 g/mol. The van der Waals surface area contributed by atoms with Crippen molar-refractivity contribution in [2.75, 3.05) is 19.0 Å². The largest absolute Gasteiger partial charge is 0.497 e. The van der Waals surface area contributed by atoms with Gasteiger partial charge in [-0.3, -0.25) is 9.59 Å². The summed E-state index contributed by atoms with van der Waals surface area (Å²) in [5.41, 5.74) is 3.49. The van der Waals surface area contributed by atoms with E-state index in [-0.39, 0.29) is 36.5 Å². The van der Waals surface area contributed by atoms with Crippen LogP contribution in [0.3, 0.4) is 0 Å². The molecule has 0 bridgehead atoms. The summed E-state index contributed by atoms with van der Waals surface area (Å²) in [6.45, 7) is 2.19. The summed E-state index contributed by atoms with van der Waals surface area (Å²) >= 11 is 6.42. The van der Waals surface area contributed by atoms with Gasteiger partial charge in [0.25, 0.3) is 5.91 Å². The normalized spacial score (nSPS) is 19.3. The lowest BCUT2D eigenvalue weighted by molar-refractivity contribution is -0.122. The molecule has 2 aromatic carbocycles. The minimum atomic E-state index is -0.308. The first-order chi connectivity index (χ1) is 18.3. The zero-order valence-corrected chi connectivity index (χ0v) is 22.0. The second-order valence-electron chi connectivity index (χ2n) is 9.80. The van der Waals surface area contributed by atoms with Gasteiger partial charge in [-0.25, -0.2) is 9.97 Å². The number of ether oxygens (including phenoxy) is 1. The third-order valence-electron chi connectivity index (χ3n) is 7.05.